The van der Waals surface area contributed by atoms with Crippen LogP contribution in [-0.4, -0.2) is 9.38 Å². The van der Waals surface area contributed by atoms with Gasteiger partial charge in [0.1, 0.15) is 5.69 Å². The first kappa shape index (κ1) is 20.9. The molecule has 0 radical (unpaired) electrons. The quantitative estimate of drug-likeness (QED) is 0.204. The predicted molar refractivity (Wildman–Crippen MR) is 163 cm³/mol. The number of nitrogens with zero attached hydrogens (tertiary/aromatic N) is 3. The Hall–Kier alpha value is -5.02. The van der Waals surface area contributed by atoms with E-state index in [1.54, 1.807) is 0 Å². The van der Waals surface area contributed by atoms with Crippen LogP contribution in [0, 0.1) is 0 Å². The van der Waals surface area contributed by atoms with Crippen LogP contribution in [0.2, 0.25) is 0 Å². The molecule has 1 aliphatic heterocycles. The number of fused-ring (bicyclic) bond motifs is 16. The van der Waals surface area contributed by atoms with Gasteiger partial charge in [-0.3, -0.25) is 0 Å². The molecule has 0 N–H and O–H groups in total. The van der Waals surface area contributed by atoms with Crippen LogP contribution in [0.4, 0.5) is 0 Å². The van der Waals surface area contributed by atoms with Gasteiger partial charge in [-0.05, 0) is 59.3 Å². The molecule has 10 rings (SSSR count). The Morgan fingerprint density at radius 1 is 0.750 bits per heavy atom. The molecule has 3 heteroatoms. The molecule has 0 bridgehead atoms. The van der Waals surface area contributed by atoms with E-state index in [0.29, 0.717) is 5.92 Å². The zero-order valence-electron chi connectivity index (χ0n) is 21.8. The average Bonchev–Trinajstić information content (AvgIpc) is 3.67. The predicted octanol–water partition coefficient (Wildman–Crippen LogP) is 8.23. The molecule has 0 saturated carbocycles. The molecule has 2 unspecified atom stereocenters. The van der Waals surface area contributed by atoms with Crippen LogP contribution in [0.5, 0.6) is 0 Å². The summed E-state index contributed by atoms with van der Waals surface area (Å²) < 4.78 is 4.94. The fourth-order valence-corrected chi connectivity index (χ4v) is 8.06. The molecule has 1 aliphatic carbocycles. The number of hydrogen-bond donors (Lipinski definition) is 0. The third-order valence-electron chi connectivity index (χ3n) is 9.62. The van der Waals surface area contributed by atoms with E-state index in [9.17, 15) is 0 Å². The number of para-hydroxylation sites is 2. The van der Waals surface area contributed by atoms with Gasteiger partial charge in [0.25, 0.3) is 0 Å². The van der Waals surface area contributed by atoms with E-state index in [1.807, 2.05) is 6.08 Å². The summed E-state index contributed by atoms with van der Waals surface area (Å²) in [5.74, 6) is 0.353. The van der Waals surface area contributed by atoms with Crippen LogP contribution < -0.4 is 4.57 Å². The minimum atomic E-state index is 0.175. The maximum absolute atomic E-state index is 5.37. The molecule has 40 heavy (non-hydrogen) atoms. The lowest BCUT2D eigenvalue weighted by atomic mass is 9.84. The van der Waals surface area contributed by atoms with E-state index in [1.165, 1.54) is 76.9 Å². The van der Waals surface area contributed by atoms with Crippen molar-refractivity contribution in [1.29, 1.82) is 0 Å². The summed E-state index contributed by atoms with van der Waals surface area (Å²) >= 11 is 0. The smallest absolute Gasteiger partial charge is 0.213 e. The maximum atomic E-state index is 5.37. The largest absolute Gasteiger partial charge is 0.308 e. The Bertz CT molecular complexity index is 2390. The van der Waals surface area contributed by atoms with Crippen LogP contribution in [0.25, 0.3) is 66.2 Å². The average molecular weight is 511 g/mol. The van der Waals surface area contributed by atoms with Gasteiger partial charge >= 0.3 is 0 Å². The Kier molecular flexibility index (Phi) is 3.72. The summed E-state index contributed by atoms with van der Waals surface area (Å²) in [6, 6.07) is 36.0. The molecule has 4 aromatic heterocycles. The second-order valence-corrected chi connectivity index (χ2v) is 11.4. The van der Waals surface area contributed by atoms with Gasteiger partial charge in [-0.1, -0.05) is 61.2 Å². The van der Waals surface area contributed by atoms with Gasteiger partial charge in [-0.25, -0.2) is 4.98 Å². The van der Waals surface area contributed by atoms with Gasteiger partial charge in [0, 0.05) is 44.6 Å². The highest BCUT2D eigenvalue weighted by Gasteiger charge is 2.48. The molecule has 0 amide bonds. The lowest BCUT2D eigenvalue weighted by molar-refractivity contribution is -0.707. The van der Waals surface area contributed by atoms with Crippen molar-refractivity contribution in [2.24, 2.45) is 0 Å². The zero-order chi connectivity index (χ0) is 26.1. The Balaban J connectivity index is 1.35. The van der Waals surface area contributed by atoms with Gasteiger partial charge in [0.15, 0.2) is 6.20 Å². The molecule has 2 aliphatic rings. The summed E-state index contributed by atoms with van der Waals surface area (Å²) in [4.78, 5) is 5.37. The van der Waals surface area contributed by atoms with Crippen LogP contribution in [0.15, 0.2) is 110 Å². The molecule has 2 atom stereocenters. The second-order valence-electron chi connectivity index (χ2n) is 11.4. The van der Waals surface area contributed by atoms with E-state index >= 15 is 0 Å². The zero-order valence-corrected chi connectivity index (χ0v) is 21.8. The molecule has 186 valence electrons. The van der Waals surface area contributed by atoms with Crippen LogP contribution in [0.1, 0.15) is 34.5 Å². The third kappa shape index (κ3) is 2.34. The van der Waals surface area contributed by atoms with Crippen molar-refractivity contribution in [3.8, 4) is 11.3 Å². The Morgan fingerprint density at radius 2 is 1.55 bits per heavy atom. The standard InChI is InChI=1S/C37H24N3/c1-2-31-27-18-28-25-14-9-13-24-23-12-5-6-16-33(23)40(36(24)25)34(28)20-26(27)29-19-30-21-10-3-4-11-22(21)32-15-7-8-17-39(32)37(30)35(29)38-31/h2-18,20,30,37H,1,19H2/q+1. The van der Waals surface area contributed by atoms with Gasteiger partial charge < -0.3 is 4.40 Å². The fourth-order valence-electron chi connectivity index (χ4n) is 8.06. The molecular formula is C37H24N3+. The molecule has 0 fully saturated rings. The maximum Gasteiger partial charge on any atom is 0.213 e. The summed E-state index contributed by atoms with van der Waals surface area (Å²) in [6.07, 6.45) is 5.16. The monoisotopic (exact) mass is 510 g/mol. The summed E-state index contributed by atoms with van der Waals surface area (Å²) in [5, 5.41) is 7.72. The van der Waals surface area contributed by atoms with Gasteiger partial charge in [-0.15, -0.1) is 0 Å². The minimum absolute atomic E-state index is 0.175. The van der Waals surface area contributed by atoms with Crippen molar-refractivity contribution in [2.75, 3.05) is 0 Å². The van der Waals surface area contributed by atoms with Gasteiger partial charge in [-0.2, -0.15) is 4.57 Å². The lowest BCUT2D eigenvalue weighted by Crippen LogP contribution is -2.46. The minimum Gasteiger partial charge on any atom is -0.308 e. The highest BCUT2D eigenvalue weighted by molar-refractivity contribution is 6.25. The van der Waals surface area contributed by atoms with Crippen molar-refractivity contribution in [3.05, 3.63) is 132 Å². The summed E-state index contributed by atoms with van der Waals surface area (Å²) in [5.41, 5.74) is 11.4. The highest BCUT2D eigenvalue weighted by Crippen LogP contribution is 2.50. The molecule has 8 aromatic rings. The first-order chi connectivity index (χ1) is 19.8. The highest BCUT2D eigenvalue weighted by atomic mass is 15.1. The third-order valence-corrected chi connectivity index (χ3v) is 9.62. The van der Waals surface area contributed by atoms with Crippen molar-refractivity contribution >= 4 is 54.9 Å². The Morgan fingerprint density at radius 3 is 2.48 bits per heavy atom. The number of hydrogen-bond acceptors (Lipinski definition) is 1. The normalized spacial score (nSPS) is 17.5. The summed E-state index contributed by atoms with van der Waals surface area (Å²) in [7, 11) is 0. The number of rotatable bonds is 1. The first-order valence-electron chi connectivity index (χ1n) is 14.1. The molecule has 4 aromatic carbocycles. The van der Waals surface area contributed by atoms with Crippen LogP contribution >= 0.6 is 0 Å². The number of benzene rings is 4. The second kappa shape index (κ2) is 7.13. The molecule has 0 saturated heterocycles. The van der Waals surface area contributed by atoms with Crippen LogP contribution in [-0.2, 0) is 6.42 Å². The number of pyridine rings is 2. The fraction of sp³-hybridized carbons (Fsp3) is 0.0811. The molecule has 5 heterocycles. The van der Waals surface area contributed by atoms with Gasteiger partial charge in [0.2, 0.25) is 11.7 Å². The van der Waals surface area contributed by atoms with E-state index in [2.05, 4.69) is 119 Å². The molecule has 0 spiro atoms. The van der Waals surface area contributed by atoms with Crippen molar-refractivity contribution in [1.82, 2.24) is 9.38 Å². The molecular weight excluding hydrogens is 486 g/mol. The summed E-state index contributed by atoms with van der Waals surface area (Å²) in [6.45, 7) is 4.22. The van der Waals surface area contributed by atoms with E-state index in [0.717, 1.165) is 12.1 Å². The van der Waals surface area contributed by atoms with Crippen molar-refractivity contribution in [3.63, 3.8) is 0 Å². The first-order valence-corrected chi connectivity index (χ1v) is 14.1. The van der Waals surface area contributed by atoms with Gasteiger partial charge in [0.05, 0.1) is 28.2 Å². The molecule has 3 nitrogen and oxygen atoms in total. The van der Waals surface area contributed by atoms with Crippen molar-refractivity contribution < 1.29 is 4.57 Å². The Labute approximate surface area is 230 Å². The van der Waals surface area contributed by atoms with Crippen LogP contribution in [0.3, 0.4) is 0 Å². The SMILES string of the molecule is C=Cc1nc2c(c3cc4c(cc13)c1cccc3c5ccccc5n4c31)CC1c3ccccc3-c3cccc[n+]3C21. The van der Waals surface area contributed by atoms with E-state index in [4.69, 9.17) is 4.98 Å². The number of aromatic nitrogens is 3. The van der Waals surface area contributed by atoms with E-state index < -0.39 is 0 Å². The topological polar surface area (TPSA) is 21.2 Å². The van der Waals surface area contributed by atoms with Crippen molar-refractivity contribution in [2.45, 2.75) is 18.4 Å². The van der Waals surface area contributed by atoms with E-state index in [-0.39, 0.29) is 6.04 Å². The lowest BCUT2D eigenvalue weighted by Gasteiger charge is -2.25.